The summed E-state index contributed by atoms with van der Waals surface area (Å²) in [6.45, 7) is -0.331. The van der Waals surface area contributed by atoms with Crippen LogP contribution in [0.5, 0.6) is 0 Å². The van der Waals surface area contributed by atoms with E-state index in [2.05, 4.69) is 5.32 Å². The highest BCUT2D eigenvalue weighted by Gasteiger charge is 2.44. The van der Waals surface area contributed by atoms with Crippen LogP contribution in [0.2, 0.25) is 0 Å². The van der Waals surface area contributed by atoms with Crippen molar-refractivity contribution in [2.45, 2.75) is 24.5 Å². The van der Waals surface area contributed by atoms with Crippen LogP contribution < -0.4 is 11.1 Å². The third kappa shape index (κ3) is 2.13. The molecule has 5 N–H and O–H groups in total. The lowest BCUT2D eigenvalue weighted by molar-refractivity contribution is -0.153. The van der Waals surface area contributed by atoms with Crippen LogP contribution in [-0.2, 0) is 9.47 Å². The Balaban J connectivity index is 2.64. The molecule has 1 saturated heterocycles. The van der Waals surface area contributed by atoms with Gasteiger partial charge in [-0.05, 0) is 0 Å². The van der Waals surface area contributed by atoms with E-state index in [-0.39, 0.29) is 6.61 Å². The molecule has 2 amide bonds. The SMILES string of the molecule is CO[C@H]1O[C@@H](CO)[C@@H](NC(N)=O)[C@H]1O. The molecular weight excluding hydrogens is 192 g/mol. The summed E-state index contributed by atoms with van der Waals surface area (Å²) in [5, 5.41) is 20.7. The van der Waals surface area contributed by atoms with Crippen LogP contribution in [0.15, 0.2) is 0 Å². The van der Waals surface area contributed by atoms with Crippen molar-refractivity contribution in [2.75, 3.05) is 13.7 Å². The van der Waals surface area contributed by atoms with E-state index in [1.54, 1.807) is 0 Å². The van der Waals surface area contributed by atoms with Gasteiger partial charge in [0.2, 0.25) is 0 Å². The number of hydrogen-bond acceptors (Lipinski definition) is 5. The van der Waals surface area contributed by atoms with Gasteiger partial charge in [-0.25, -0.2) is 4.79 Å². The van der Waals surface area contributed by atoms with Gasteiger partial charge in [0, 0.05) is 7.11 Å². The molecule has 0 unspecified atom stereocenters. The maximum absolute atomic E-state index is 10.6. The van der Waals surface area contributed by atoms with Gasteiger partial charge >= 0.3 is 6.03 Å². The molecule has 1 heterocycles. The molecule has 7 nitrogen and oxygen atoms in total. The Labute approximate surface area is 80.8 Å². The van der Waals surface area contributed by atoms with E-state index in [4.69, 9.17) is 20.3 Å². The van der Waals surface area contributed by atoms with Crippen molar-refractivity contribution in [1.29, 1.82) is 0 Å². The standard InChI is InChI=1S/C7H14N2O5/c1-13-6-5(11)4(9-7(8)12)3(2-10)14-6/h3-6,10-11H,2H2,1H3,(H3,8,9,12)/t3-,4+,5+,6-/m0/s1. The lowest BCUT2D eigenvalue weighted by atomic mass is 10.1. The number of rotatable bonds is 3. The van der Waals surface area contributed by atoms with E-state index in [1.807, 2.05) is 0 Å². The minimum Gasteiger partial charge on any atom is -0.394 e. The molecule has 4 atom stereocenters. The van der Waals surface area contributed by atoms with Crippen LogP contribution in [0, 0.1) is 0 Å². The molecule has 0 aromatic rings. The Bertz CT molecular complexity index is 210. The summed E-state index contributed by atoms with van der Waals surface area (Å²) >= 11 is 0. The topological polar surface area (TPSA) is 114 Å². The maximum Gasteiger partial charge on any atom is 0.312 e. The average Bonchev–Trinajstić information content (AvgIpc) is 2.43. The number of ether oxygens (including phenoxy) is 2. The van der Waals surface area contributed by atoms with Crippen molar-refractivity contribution in [3.63, 3.8) is 0 Å². The number of aliphatic hydroxyl groups excluding tert-OH is 2. The van der Waals surface area contributed by atoms with Crippen LogP contribution in [0.3, 0.4) is 0 Å². The second-order valence-electron chi connectivity index (χ2n) is 2.99. The average molecular weight is 206 g/mol. The molecule has 0 aromatic carbocycles. The number of carbonyl (C=O) groups is 1. The molecule has 1 aliphatic heterocycles. The number of amides is 2. The van der Waals surface area contributed by atoms with Gasteiger partial charge in [0.1, 0.15) is 12.2 Å². The number of nitrogens with one attached hydrogen (secondary N) is 1. The molecule has 7 heteroatoms. The third-order valence-electron chi connectivity index (χ3n) is 2.08. The highest BCUT2D eigenvalue weighted by molar-refractivity contribution is 5.72. The van der Waals surface area contributed by atoms with Crippen LogP contribution in [0.1, 0.15) is 0 Å². The highest BCUT2D eigenvalue weighted by Crippen LogP contribution is 2.21. The number of methoxy groups -OCH3 is 1. The van der Waals surface area contributed by atoms with Gasteiger partial charge in [-0.2, -0.15) is 0 Å². The normalized spacial score (nSPS) is 37.1. The minimum atomic E-state index is -1.04. The van der Waals surface area contributed by atoms with Crippen molar-refractivity contribution in [3.8, 4) is 0 Å². The minimum absolute atomic E-state index is 0.331. The first-order chi connectivity index (χ1) is 6.60. The zero-order valence-electron chi connectivity index (χ0n) is 7.71. The molecule has 0 radical (unpaired) electrons. The number of aliphatic hydroxyl groups is 2. The number of carbonyl (C=O) groups excluding carboxylic acids is 1. The third-order valence-corrected chi connectivity index (χ3v) is 2.08. The number of nitrogens with two attached hydrogens (primary N) is 1. The molecule has 0 aromatic heterocycles. The Morgan fingerprint density at radius 1 is 1.71 bits per heavy atom. The van der Waals surface area contributed by atoms with Crippen molar-refractivity contribution >= 4 is 6.03 Å². The monoisotopic (exact) mass is 206 g/mol. The summed E-state index contributed by atoms with van der Waals surface area (Å²) in [4.78, 5) is 10.6. The fourth-order valence-corrected chi connectivity index (χ4v) is 1.42. The second-order valence-corrected chi connectivity index (χ2v) is 2.99. The molecule has 1 rings (SSSR count). The van der Waals surface area contributed by atoms with E-state index < -0.39 is 30.6 Å². The second kappa shape index (κ2) is 4.56. The molecule has 14 heavy (non-hydrogen) atoms. The Kier molecular flexibility index (Phi) is 3.64. The van der Waals surface area contributed by atoms with Crippen LogP contribution in [0.4, 0.5) is 4.79 Å². The maximum atomic E-state index is 10.6. The van der Waals surface area contributed by atoms with Crippen LogP contribution in [0.25, 0.3) is 0 Å². The van der Waals surface area contributed by atoms with E-state index in [0.29, 0.717) is 0 Å². The summed E-state index contributed by atoms with van der Waals surface area (Å²) in [7, 11) is 1.36. The zero-order valence-corrected chi connectivity index (χ0v) is 7.71. The highest BCUT2D eigenvalue weighted by atomic mass is 16.7. The lowest BCUT2D eigenvalue weighted by Crippen LogP contribution is -2.50. The fraction of sp³-hybridized carbons (Fsp3) is 0.857. The van der Waals surface area contributed by atoms with Gasteiger partial charge in [-0.1, -0.05) is 0 Å². The first-order valence-electron chi connectivity index (χ1n) is 4.13. The van der Waals surface area contributed by atoms with Crippen molar-refractivity contribution in [1.82, 2.24) is 5.32 Å². The number of hydrogen-bond donors (Lipinski definition) is 4. The molecule has 1 aliphatic rings. The first kappa shape index (κ1) is 11.2. The van der Waals surface area contributed by atoms with Crippen LogP contribution >= 0.6 is 0 Å². The smallest absolute Gasteiger partial charge is 0.312 e. The molecule has 0 aliphatic carbocycles. The van der Waals surface area contributed by atoms with Gasteiger partial charge in [-0.15, -0.1) is 0 Å². The molecular formula is C7H14N2O5. The van der Waals surface area contributed by atoms with E-state index in [9.17, 15) is 9.90 Å². The Hall–Kier alpha value is -0.890. The van der Waals surface area contributed by atoms with Gasteiger partial charge < -0.3 is 30.7 Å². The summed E-state index contributed by atoms with van der Waals surface area (Å²) in [5.74, 6) is 0. The molecule has 0 bridgehead atoms. The molecule has 0 saturated carbocycles. The lowest BCUT2D eigenvalue weighted by Gasteiger charge is -2.18. The summed E-state index contributed by atoms with van der Waals surface area (Å²) in [6, 6.07) is -1.53. The van der Waals surface area contributed by atoms with Gasteiger partial charge in [-0.3, -0.25) is 0 Å². The van der Waals surface area contributed by atoms with Gasteiger partial charge in [0.25, 0.3) is 0 Å². The van der Waals surface area contributed by atoms with Crippen molar-refractivity contribution in [2.24, 2.45) is 5.73 Å². The Morgan fingerprint density at radius 2 is 2.36 bits per heavy atom. The molecule has 0 spiro atoms. The van der Waals surface area contributed by atoms with E-state index in [0.717, 1.165) is 0 Å². The predicted octanol–water partition coefficient (Wildman–Crippen LogP) is -2.25. The number of primary amides is 1. The summed E-state index contributed by atoms with van der Waals surface area (Å²) in [5.41, 5.74) is 4.90. The summed E-state index contributed by atoms with van der Waals surface area (Å²) in [6.07, 6.45) is -2.60. The van der Waals surface area contributed by atoms with Gasteiger partial charge in [0.05, 0.1) is 12.6 Å². The summed E-state index contributed by atoms with van der Waals surface area (Å²) < 4.78 is 9.88. The number of urea groups is 1. The predicted molar refractivity (Wildman–Crippen MR) is 45.3 cm³/mol. The molecule has 82 valence electrons. The Morgan fingerprint density at radius 3 is 2.79 bits per heavy atom. The zero-order chi connectivity index (χ0) is 10.7. The van der Waals surface area contributed by atoms with Crippen molar-refractivity contribution in [3.05, 3.63) is 0 Å². The van der Waals surface area contributed by atoms with E-state index in [1.165, 1.54) is 7.11 Å². The fourth-order valence-electron chi connectivity index (χ4n) is 1.42. The largest absolute Gasteiger partial charge is 0.394 e. The quantitative estimate of drug-likeness (QED) is 0.416. The van der Waals surface area contributed by atoms with E-state index >= 15 is 0 Å². The molecule has 1 fully saturated rings. The van der Waals surface area contributed by atoms with Gasteiger partial charge in [0.15, 0.2) is 6.29 Å². The van der Waals surface area contributed by atoms with Crippen LogP contribution in [-0.4, -0.2) is 54.5 Å². The first-order valence-corrected chi connectivity index (χ1v) is 4.13. The van der Waals surface area contributed by atoms with Crippen molar-refractivity contribution < 1.29 is 24.5 Å².